The zero-order valence-electron chi connectivity index (χ0n) is 14.0. The number of hydrogen-bond donors (Lipinski definition) is 1. The van der Waals surface area contributed by atoms with Crippen LogP contribution in [0.15, 0.2) is 24.3 Å². The van der Waals surface area contributed by atoms with Gasteiger partial charge >= 0.3 is 0 Å². The summed E-state index contributed by atoms with van der Waals surface area (Å²) >= 11 is 0. The van der Waals surface area contributed by atoms with Crippen molar-refractivity contribution in [2.75, 3.05) is 7.11 Å². The van der Waals surface area contributed by atoms with E-state index in [1.54, 1.807) is 7.11 Å². The first-order valence-corrected chi connectivity index (χ1v) is 8.13. The summed E-state index contributed by atoms with van der Waals surface area (Å²) in [5.41, 5.74) is 7.21. The molecule has 1 rings (SSSR count). The standard InChI is InChI=1S/C18H31NO2/c1-5-6-7-8-10-14(2)21-18(15(3)19)16-11-9-12-17(13-16)20-4/h9,11-15,18H,5-8,10,19H2,1-4H3. The molecule has 0 spiro atoms. The first-order chi connectivity index (χ1) is 10.1. The van der Waals surface area contributed by atoms with Gasteiger partial charge in [0.05, 0.1) is 19.3 Å². The van der Waals surface area contributed by atoms with Crippen LogP contribution in [-0.4, -0.2) is 19.3 Å². The topological polar surface area (TPSA) is 44.5 Å². The average molecular weight is 293 g/mol. The quantitative estimate of drug-likeness (QED) is 0.648. The number of methoxy groups -OCH3 is 1. The number of hydrogen-bond acceptors (Lipinski definition) is 3. The lowest BCUT2D eigenvalue weighted by Gasteiger charge is -2.26. The zero-order valence-corrected chi connectivity index (χ0v) is 14.0. The van der Waals surface area contributed by atoms with Gasteiger partial charge in [0.15, 0.2) is 0 Å². The van der Waals surface area contributed by atoms with Gasteiger partial charge in [0.25, 0.3) is 0 Å². The Hall–Kier alpha value is -1.06. The molecule has 3 nitrogen and oxygen atoms in total. The minimum atomic E-state index is -0.0822. The SMILES string of the molecule is CCCCCCC(C)OC(c1cccc(OC)c1)C(C)N. The normalized spacial score (nSPS) is 15.5. The van der Waals surface area contributed by atoms with Crippen LogP contribution in [0.2, 0.25) is 0 Å². The summed E-state index contributed by atoms with van der Waals surface area (Å²) in [6.07, 6.45) is 6.31. The average Bonchev–Trinajstić information content (AvgIpc) is 2.49. The van der Waals surface area contributed by atoms with E-state index in [4.69, 9.17) is 15.2 Å². The van der Waals surface area contributed by atoms with E-state index in [-0.39, 0.29) is 18.2 Å². The minimum absolute atomic E-state index is 0.0461. The molecule has 0 aliphatic heterocycles. The molecule has 0 saturated carbocycles. The van der Waals surface area contributed by atoms with E-state index in [1.807, 2.05) is 25.1 Å². The maximum Gasteiger partial charge on any atom is 0.119 e. The highest BCUT2D eigenvalue weighted by Gasteiger charge is 2.20. The highest BCUT2D eigenvalue weighted by atomic mass is 16.5. The summed E-state index contributed by atoms with van der Waals surface area (Å²) in [7, 11) is 1.68. The molecule has 0 bridgehead atoms. The molecule has 1 aromatic rings. The Morgan fingerprint density at radius 2 is 1.90 bits per heavy atom. The Kier molecular flexibility index (Phi) is 8.40. The fourth-order valence-corrected chi connectivity index (χ4v) is 2.50. The van der Waals surface area contributed by atoms with Crippen LogP contribution in [0, 0.1) is 0 Å². The fourth-order valence-electron chi connectivity index (χ4n) is 2.50. The minimum Gasteiger partial charge on any atom is -0.497 e. The number of unbranched alkanes of at least 4 members (excludes halogenated alkanes) is 3. The first kappa shape index (κ1) is 18.0. The third kappa shape index (κ3) is 6.49. The van der Waals surface area contributed by atoms with Crippen molar-refractivity contribution in [3.63, 3.8) is 0 Å². The second-order valence-electron chi connectivity index (χ2n) is 5.85. The van der Waals surface area contributed by atoms with Crippen LogP contribution in [0.4, 0.5) is 0 Å². The van der Waals surface area contributed by atoms with Gasteiger partial charge in [-0.1, -0.05) is 44.7 Å². The molecular weight excluding hydrogens is 262 g/mol. The molecule has 0 radical (unpaired) electrons. The van der Waals surface area contributed by atoms with Crippen molar-refractivity contribution in [1.29, 1.82) is 0 Å². The van der Waals surface area contributed by atoms with Crippen LogP contribution in [0.25, 0.3) is 0 Å². The Bertz CT molecular complexity index is 393. The zero-order chi connectivity index (χ0) is 15.7. The highest BCUT2D eigenvalue weighted by Crippen LogP contribution is 2.26. The number of rotatable bonds is 10. The van der Waals surface area contributed by atoms with Gasteiger partial charge in [-0.2, -0.15) is 0 Å². The van der Waals surface area contributed by atoms with Crippen molar-refractivity contribution in [2.45, 2.75) is 71.1 Å². The molecule has 0 aliphatic carbocycles. The molecule has 0 amide bonds. The van der Waals surface area contributed by atoms with Gasteiger partial charge in [0, 0.05) is 6.04 Å². The van der Waals surface area contributed by atoms with Crippen LogP contribution in [0.1, 0.15) is 64.5 Å². The second-order valence-corrected chi connectivity index (χ2v) is 5.85. The van der Waals surface area contributed by atoms with Crippen LogP contribution < -0.4 is 10.5 Å². The predicted octanol–water partition coefficient (Wildman–Crippen LogP) is 4.46. The van der Waals surface area contributed by atoms with Crippen LogP contribution >= 0.6 is 0 Å². The van der Waals surface area contributed by atoms with Crippen LogP contribution in [0.3, 0.4) is 0 Å². The lowest BCUT2D eigenvalue weighted by molar-refractivity contribution is -0.0195. The molecular formula is C18H31NO2. The van der Waals surface area contributed by atoms with Gasteiger partial charge in [0.2, 0.25) is 0 Å². The van der Waals surface area contributed by atoms with Gasteiger partial charge in [0.1, 0.15) is 5.75 Å². The van der Waals surface area contributed by atoms with Gasteiger partial charge in [-0.25, -0.2) is 0 Å². The van der Waals surface area contributed by atoms with Crippen LogP contribution in [0.5, 0.6) is 5.75 Å². The Morgan fingerprint density at radius 1 is 1.14 bits per heavy atom. The van der Waals surface area contributed by atoms with E-state index >= 15 is 0 Å². The summed E-state index contributed by atoms with van der Waals surface area (Å²) in [4.78, 5) is 0. The van der Waals surface area contributed by atoms with Crippen LogP contribution in [-0.2, 0) is 4.74 Å². The van der Waals surface area contributed by atoms with Gasteiger partial charge < -0.3 is 15.2 Å². The third-order valence-corrected chi connectivity index (χ3v) is 3.74. The molecule has 21 heavy (non-hydrogen) atoms. The van der Waals surface area contributed by atoms with Crippen molar-refractivity contribution in [2.24, 2.45) is 5.73 Å². The molecule has 2 N–H and O–H groups in total. The maximum absolute atomic E-state index is 6.20. The number of ether oxygens (including phenoxy) is 2. The summed E-state index contributed by atoms with van der Waals surface area (Å²) in [6, 6.07) is 7.95. The predicted molar refractivity (Wildman–Crippen MR) is 88.7 cm³/mol. The Morgan fingerprint density at radius 3 is 2.52 bits per heavy atom. The summed E-state index contributed by atoms with van der Waals surface area (Å²) in [5.74, 6) is 0.845. The Labute approximate surface area is 129 Å². The smallest absolute Gasteiger partial charge is 0.119 e. The van der Waals surface area contributed by atoms with E-state index in [0.29, 0.717) is 0 Å². The number of benzene rings is 1. The van der Waals surface area contributed by atoms with E-state index < -0.39 is 0 Å². The molecule has 120 valence electrons. The van der Waals surface area contributed by atoms with Gasteiger partial charge in [-0.05, 0) is 38.0 Å². The van der Waals surface area contributed by atoms with E-state index in [2.05, 4.69) is 19.9 Å². The molecule has 3 heteroatoms. The van der Waals surface area contributed by atoms with Crippen molar-refractivity contribution >= 4 is 0 Å². The van der Waals surface area contributed by atoms with Crippen molar-refractivity contribution in [3.8, 4) is 5.75 Å². The Balaban J connectivity index is 2.60. The lowest BCUT2D eigenvalue weighted by Crippen LogP contribution is -2.29. The van der Waals surface area contributed by atoms with Gasteiger partial charge in [-0.15, -0.1) is 0 Å². The lowest BCUT2D eigenvalue weighted by atomic mass is 10.0. The molecule has 0 heterocycles. The summed E-state index contributed by atoms with van der Waals surface area (Å²) in [6.45, 7) is 6.37. The molecule has 0 fully saturated rings. The van der Waals surface area contributed by atoms with E-state index in [1.165, 1.54) is 25.7 Å². The van der Waals surface area contributed by atoms with Crippen molar-refractivity contribution in [1.82, 2.24) is 0 Å². The van der Waals surface area contributed by atoms with Crippen molar-refractivity contribution in [3.05, 3.63) is 29.8 Å². The molecule has 3 unspecified atom stereocenters. The molecule has 0 aromatic heterocycles. The number of nitrogens with two attached hydrogens (primary N) is 1. The van der Waals surface area contributed by atoms with E-state index in [9.17, 15) is 0 Å². The van der Waals surface area contributed by atoms with E-state index in [0.717, 1.165) is 17.7 Å². The molecule has 0 aliphatic rings. The molecule has 1 aromatic carbocycles. The van der Waals surface area contributed by atoms with Gasteiger partial charge in [-0.3, -0.25) is 0 Å². The largest absolute Gasteiger partial charge is 0.497 e. The molecule has 3 atom stereocenters. The second kappa shape index (κ2) is 9.80. The summed E-state index contributed by atoms with van der Waals surface area (Å²) in [5, 5.41) is 0. The van der Waals surface area contributed by atoms with Crippen molar-refractivity contribution < 1.29 is 9.47 Å². The first-order valence-electron chi connectivity index (χ1n) is 8.13. The monoisotopic (exact) mass is 293 g/mol. The maximum atomic E-state index is 6.20. The third-order valence-electron chi connectivity index (χ3n) is 3.74. The molecule has 0 saturated heterocycles. The highest BCUT2D eigenvalue weighted by molar-refractivity contribution is 5.30. The summed E-state index contributed by atoms with van der Waals surface area (Å²) < 4.78 is 11.5. The fraction of sp³-hybridized carbons (Fsp3) is 0.667.